The Kier molecular flexibility index (Phi) is 4.00. The first-order valence-electron chi connectivity index (χ1n) is 6.44. The molecule has 0 saturated heterocycles. The molecular formula is C15H12IN3O2S. The number of halogens is 1. The minimum atomic E-state index is -0.615. The minimum absolute atomic E-state index is 0.224. The number of nitrogens with one attached hydrogen (secondary N) is 2. The average Bonchev–Trinajstić information content (AvgIpc) is 2.50. The highest BCUT2D eigenvalue weighted by molar-refractivity contribution is 14.1. The normalized spacial score (nSPS) is 11.9. The standard InChI is InChI=1S/C15H12IN3O2S/c1-18-15(21)9-5-11-13(6-8(9)14(17)20)22-12-4-7(16)2-3-10(12)19-11/h2-6,19H,1H3,(H2,17,20)(H,18,21). The molecule has 112 valence electrons. The molecular weight excluding hydrogens is 413 g/mol. The van der Waals surface area contributed by atoms with Gasteiger partial charge in [-0.2, -0.15) is 0 Å². The molecule has 2 aromatic carbocycles. The van der Waals surface area contributed by atoms with Crippen molar-refractivity contribution in [3.8, 4) is 0 Å². The molecule has 0 bridgehead atoms. The molecule has 22 heavy (non-hydrogen) atoms. The van der Waals surface area contributed by atoms with Gasteiger partial charge in [-0.15, -0.1) is 0 Å². The van der Waals surface area contributed by atoms with Gasteiger partial charge in [0.25, 0.3) is 5.91 Å². The van der Waals surface area contributed by atoms with Crippen molar-refractivity contribution in [1.82, 2.24) is 5.32 Å². The molecule has 5 nitrogen and oxygen atoms in total. The van der Waals surface area contributed by atoms with Gasteiger partial charge < -0.3 is 16.4 Å². The molecule has 3 rings (SSSR count). The van der Waals surface area contributed by atoms with Crippen molar-refractivity contribution in [2.24, 2.45) is 5.73 Å². The zero-order valence-corrected chi connectivity index (χ0v) is 14.5. The van der Waals surface area contributed by atoms with E-state index in [9.17, 15) is 9.59 Å². The van der Waals surface area contributed by atoms with E-state index in [0.717, 1.165) is 24.7 Å². The number of carbonyl (C=O) groups excluding carboxylic acids is 2. The molecule has 0 radical (unpaired) electrons. The molecule has 1 aliphatic rings. The lowest BCUT2D eigenvalue weighted by atomic mass is 10.0. The molecule has 7 heteroatoms. The summed E-state index contributed by atoms with van der Waals surface area (Å²) in [7, 11) is 1.52. The molecule has 0 saturated carbocycles. The van der Waals surface area contributed by atoms with Crippen molar-refractivity contribution in [3.05, 3.63) is 45.0 Å². The maximum Gasteiger partial charge on any atom is 0.251 e. The molecule has 2 aromatic rings. The molecule has 0 aromatic heterocycles. The fraction of sp³-hybridized carbons (Fsp3) is 0.0667. The Labute approximate surface area is 145 Å². The number of carbonyl (C=O) groups is 2. The van der Waals surface area contributed by atoms with Crippen molar-refractivity contribution in [3.63, 3.8) is 0 Å². The summed E-state index contributed by atoms with van der Waals surface area (Å²) in [5.74, 6) is -0.952. The number of rotatable bonds is 2. The summed E-state index contributed by atoms with van der Waals surface area (Å²) >= 11 is 3.80. The van der Waals surface area contributed by atoms with Crippen LogP contribution in [0.4, 0.5) is 11.4 Å². The first-order chi connectivity index (χ1) is 10.5. The van der Waals surface area contributed by atoms with Crippen molar-refractivity contribution in [2.75, 3.05) is 12.4 Å². The van der Waals surface area contributed by atoms with Gasteiger partial charge in [0.15, 0.2) is 0 Å². The van der Waals surface area contributed by atoms with Gasteiger partial charge in [-0.1, -0.05) is 11.8 Å². The van der Waals surface area contributed by atoms with E-state index in [0.29, 0.717) is 0 Å². The van der Waals surface area contributed by atoms with Gasteiger partial charge in [0.05, 0.1) is 22.5 Å². The molecule has 0 unspecified atom stereocenters. The maximum absolute atomic E-state index is 12.0. The van der Waals surface area contributed by atoms with Crippen LogP contribution in [0.5, 0.6) is 0 Å². The molecule has 0 spiro atoms. The van der Waals surface area contributed by atoms with E-state index >= 15 is 0 Å². The average molecular weight is 425 g/mol. The predicted octanol–water partition coefficient (Wildman–Crippen LogP) is 2.96. The molecule has 0 aliphatic carbocycles. The van der Waals surface area contributed by atoms with Crippen LogP contribution in [0.1, 0.15) is 20.7 Å². The third-order valence-electron chi connectivity index (χ3n) is 3.29. The molecule has 0 fully saturated rings. The zero-order chi connectivity index (χ0) is 15.9. The molecule has 1 heterocycles. The Morgan fingerprint density at radius 3 is 2.55 bits per heavy atom. The highest BCUT2D eigenvalue weighted by Gasteiger charge is 2.22. The second-order valence-corrected chi connectivity index (χ2v) is 7.03. The fourth-order valence-corrected chi connectivity index (χ4v) is 3.99. The van der Waals surface area contributed by atoms with Crippen LogP contribution < -0.4 is 16.4 Å². The lowest BCUT2D eigenvalue weighted by Gasteiger charge is -2.22. The first kappa shape index (κ1) is 15.2. The van der Waals surface area contributed by atoms with Crippen LogP contribution in [0.2, 0.25) is 0 Å². The number of fused-ring (bicyclic) bond motifs is 2. The summed E-state index contributed by atoms with van der Waals surface area (Å²) in [4.78, 5) is 25.5. The summed E-state index contributed by atoms with van der Waals surface area (Å²) in [6, 6.07) is 9.40. The topological polar surface area (TPSA) is 84.2 Å². The SMILES string of the molecule is CNC(=O)c1cc2c(cc1C(N)=O)Sc1cc(I)ccc1N2. The monoisotopic (exact) mass is 425 g/mol. The number of anilines is 2. The largest absolute Gasteiger partial charge is 0.366 e. The van der Waals surface area contributed by atoms with Gasteiger partial charge in [-0.3, -0.25) is 9.59 Å². The third-order valence-corrected chi connectivity index (χ3v) is 5.08. The highest BCUT2D eigenvalue weighted by atomic mass is 127. The number of amides is 2. The number of primary amides is 1. The Morgan fingerprint density at radius 1 is 1.14 bits per heavy atom. The number of hydrogen-bond acceptors (Lipinski definition) is 4. The Hall–Kier alpha value is -1.74. The van der Waals surface area contributed by atoms with Crippen LogP contribution in [-0.4, -0.2) is 18.9 Å². The number of benzene rings is 2. The first-order valence-corrected chi connectivity index (χ1v) is 8.33. The van der Waals surface area contributed by atoms with Gasteiger partial charge in [0, 0.05) is 20.4 Å². The molecule has 4 N–H and O–H groups in total. The van der Waals surface area contributed by atoms with Crippen LogP contribution >= 0.6 is 34.4 Å². The van der Waals surface area contributed by atoms with Crippen LogP contribution in [0.15, 0.2) is 40.1 Å². The van der Waals surface area contributed by atoms with E-state index in [2.05, 4.69) is 39.3 Å². The second-order valence-electron chi connectivity index (χ2n) is 4.70. The second kappa shape index (κ2) is 5.81. The van der Waals surface area contributed by atoms with Crippen molar-refractivity contribution >= 4 is 57.5 Å². The molecule has 0 atom stereocenters. The van der Waals surface area contributed by atoms with E-state index in [1.54, 1.807) is 23.9 Å². The van der Waals surface area contributed by atoms with Crippen molar-refractivity contribution < 1.29 is 9.59 Å². The van der Waals surface area contributed by atoms with E-state index < -0.39 is 5.91 Å². The van der Waals surface area contributed by atoms with Crippen molar-refractivity contribution in [1.29, 1.82) is 0 Å². The minimum Gasteiger partial charge on any atom is -0.366 e. The zero-order valence-electron chi connectivity index (χ0n) is 11.6. The third kappa shape index (κ3) is 2.66. The van der Waals surface area contributed by atoms with Crippen LogP contribution in [0.25, 0.3) is 0 Å². The summed E-state index contributed by atoms with van der Waals surface area (Å²) in [6.07, 6.45) is 0. The maximum atomic E-state index is 12.0. The van der Waals surface area contributed by atoms with E-state index in [-0.39, 0.29) is 17.0 Å². The quantitative estimate of drug-likeness (QED) is 0.552. The van der Waals surface area contributed by atoms with Gasteiger partial charge in [-0.25, -0.2) is 0 Å². The summed E-state index contributed by atoms with van der Waals surface area (Å²) in [5.41, 5.74) is 7.68. The number of nitrogens with two attached hydrogens (primary N) is 1. The van der Waals surface area contributed by atoms with Crippen LogP contribution in [-0.2, 0) is 0 Å². The highest BCUT2D eigenvalue weighted by Crippen LogP contribution is 2.45. The van der Waals surface area contributed by atoms with E-state index in [1.165, 1.54) is 7.05 Å². The van der Waals surface area contributed by atoms with Crippen LogP contribution in [0.3, 0.4) is 0 Å². The smallest absolute Gasteiger partial charge is 0.251 e. The predicted molar refractivity (Wildman–Crippen MR) is 94.9 cm³/mol. The van der Waals surface area contributed by atoms with Gasteiger partial charge in [0.1, 0.15) is 0 Å². The summed E-state index contributed by atoms with van der Waals surface area (Å²) in [6.45, 7) is 0. The lowest BCUT2D eigenvalue weighted by molar-refractivity contribution is 0.0943. The summed E-state index contributed by atoms with van der Waals surface area (Å²) < 4.78 is 1.13. The van der Waals surface area contributed by atoms with Gasteiger partial charge in [0.2, 0.25) is 5.91 Å². The van der Waals surface area contributed by atoms with Gasteiger partial charge >= 0.3 is 0 Å². The van der Waals surface area contributed by atoms with E-state index in [4.69, 9.17) is 5.73 Å². The molecule has 1 aliphatic heterocycles. The Bertz CT molecular complexity index is 808. The van der Waals surface area contributed by atoms with E-state index in [1.807, 2.05) is 12.1 Å². The van der Waals surface area contributed by atoms with Gasteiger partial charge in [-0.05, 0) is 52.9 Å². The fourth-order valence-electron chi connectivity index (χ4n) is 2.24. The Balaban J connectivity index is 2.12. The van der Waals surface area contributed by atoms with Crippen molar-refractivity contribution in [2.45, 2.75) is 9.79 Å². The van der Waals surface area contributed by atoms with Crippen LogP contribution in [0, 0.1) is 3.57 Å². The number of hydrogen-bond donors (Lipinski definition) is 3. The lowest BCUT2D eigenvalue weighted by Crippen LogP contribution is -2.24. The molecule has 2 amide bonds. The Morgan fingerprint density at radius 2 is 1.86 bits per heavy atom. The summed E-state index contributed by atoms with van der Waals surface area (Å²) in [5, 5.41) is 5.82.